The fourth-order valence-corrected chi connectivity index (χ4v) is 2.20. The van der Waals surface area contributed by atoms with Crippen LogP contribution in [0, 0.1) is 3.57 Å². The fraction of sp³-hybridized carbons (Fsp3) is 0.467. The van der Waals surface area contributed by atoms with Gasteiger partial charge in [-0.15, -0.1) is 0 Å². The maximum Gasteiger partial charge on any atom is 0.320 e. The molecule has 1 atom stereocenters. The largest absolute Gasteiger partial charge is 0.480 e. The van der Waals surface area contributed by atoms with Gasteiger partial charge in [0.05, 0.1) is 0 Å². The van der Waals surface area contributed by atoms with Crippen LogP contribution < -0.4 is 11.1 Å². The van der Waals surface area contributed by atoms with Crippen molar-refractivity contribution in [1.82, 2.24) is 5.32 Å². The van der Waals surface area contributed by atoms with Crippen LogP contribution >= 0.6 is 22.6 Å². The van der Waals surface area contributed by atoms with Crippen molar-refractivity contribution in [1.29, 1.82) is 0 Å². The van der Waals surface area contributed by atoms with Gasteiger partial charge in [0.15, 0.2) is 0 Å². The molecule has 21 heavy (non-hydrogen) atoms. The number of aryl methyl sites for hydroxylation is 1. The number of benzene rings is 1. The standard InChI is InChI=1S/C15H21IN2O3/c16-12-7-4-11(5-8-12)6-9-14(19)18-10-2-1-3-13(17)15(20)21/h4-5,7-8,13H,1-3,6,9-10,17H2,(H,18,19)(H,20,21)/t13-/m0/s1. The number of nitrogens with two attached hydrogens (primary N) is 1. The van der Waals surface area contributed by atoms with Crippen LogP contribution in [0.25, 0.3) is 0 Å². The van der Waals surface area contributed by atoms with Gasteiger partial charge in [0, 0.05) is 16.5 Å². The van der Waals surface area contributed by atoms with Gasteiger partial charge in [0.25, 0.3) is 0 Å². The second kappa shape index (κ2) is 9.73. The maximum atomic E-state index is 11.7. The van der Waals surface area contributed by atoms with Crippen molar-refractivity contribution in [3.05, 3.63) is 33.4 Å². The normalized spacial score (nSPS) is 11.9. The fourth-order valence-electron chi connectivity index (χ4n) is 1.84. The van der Waals surface area contributed by atoms with E-state index in [9.17, 15) is 9.59 Å². The summed E-state index contributed by atoms with van der Waals surface area (Å²) in [7, 11) is 0. The summed E-state index contributed by atoms with van der Waals surface area (Å²) >= 11 is 2.25. The minimum Gasteiger partial charge on any atom is -0.480 e. The van der Waals surface area contributed by atoms with Gasteiger partial charge in [-0.3, -0.25) is 9.59 Å². The van der Waals surface area contributed by atoms with E-state index in [0.29, 0.717) is 25.8 Å². The zero-order valence-electron chi connectivity index (χ0n) is 11.8. The Balaban J connectivity index is 2.09. The first-order chi connectivity index (χ1) is 9.99. The Morgan fingerprint density at radius 1 is 1.24 bits per heavy atom. The number of carbonyl (C=O) groups excluding carboxylic acids is 1. The van der Waals surface area contributed by atoms with E-state index in [1.54, 1.807) is 0 Å². The van der Waals surface area contributed by atoms with Crippen LogP contribution in [-0.4, -0.2) is 29.6 Å². The lowest BCUT2D eigenvalue weighted by atomic mass is 10.1. The molecule has 6 heteroatoms. The van der Waals surface area contributed by atoms with Crippen molar-refractivity contribution >= 4 is 34.5 Å². The van der Waals surface area contributed by atoms with Crippen LogP contribution in [0.5, 0.6) is 0 Å². The van der Waals surface area contributed by atoms with Crippen LogP contribution in [0.3, 0.4) is 0 Å². The first kappa shape index (κ1) is 17.9. The number of carboxylic acids is 1. The molecule has 4 N–H and O–H groups in total. The SMILES string of the molecule is N[C@@H](CCCCNC(=O)CCc1ccc(I)cc1)C(=O)O. The molecule has 0 aromatic heterocycles. The molecule has 0 spiro atoms. The van der Waals surface area contributed by atoms with Crippen LogP contribution in [-0.2, 0) is 16.0 Å². The van der Waals surface area contributed by atoms with E-state index >= 15 is 0 Å². The molecule has 0 unspecified atom stereocenters. The summed E-state index contributed by atoms with van der Waals surface area (Å²) in [5.74, 6) is -0.951. The third-order valence-electron chi connectivity index (χ3n) is 3.14. The molecule has 1 rings (SSSR count). The number of aliphatic carboxylic acids is 1. The van der Waals surface area contributed by atoms with Gasteiger partial charge in [-0.2, -0.15) is 0 Å². The lowest BCUT2D eigenvalue weighted by Crippen LogP contribution is -2.30. The first-order valence-corrected chi connectivity index (χ1v) is 8.06. The molecule has 1 amide bonds. The number of carboxylic acid groups (broad SMARTS) is 1. The molecule has 5 nitrogen and oxygen atoms in total. The highest BCUT2D eigenvalue weighted by Gasteiger charge is 2.10. The average Bonchev–Trinajstić information content (AvgIpc) is 2.46. The van der Waals surface area contributed by atoms with Crippen molar-refractivity contribution < 1.29 is 14.7 Å². The minimum absolute atomic E-state index is 0.0242. The summed E-state index contributed by atoms with van der Waals surface area (Å²) in [4.78, 5) is 22.2. The van der Waals surface area contributed by atoms with Crippen molar-refractivity contribution in [2.24, 2.45) is 5.73 Å². The van der Waals surface area contributed by atoms with Gasteiger partial charge in [-0.05, 0) is 66.0 Å². The lowest BCUT2D eigenvalue weighted by molar-refractivity contribution is -0.138. The highest BCUT2D eigenvalue weighted by molar-refractivity contribution is 14.1. The van der Waals surface area contributed by atoms with Gasteiger partial charge in [0.2, 0.25) is 5.91 Å². The van der Waals surface area contributed by atoms with E-state index in [0.717, 1.165) is 18.4 Å². The third kappa shape index (κ3) is 8.01. The molecule has 0 fully saturated rings. The minimum atomic E-state index is -0.975. The predicted molar refractivity (Wildman–Crippen MR) is 90.0 cm³/mol. The van der Waals surface area contributed by atoms with Crippen LogP contribution in [0.1, 0.15) is 31.2 Å². The van der Waals surface area contributed by atoms with Gasteiger partial charge in [-0.25, -0.2) is 0 Å². The van der Waals surface area contributed by atoms with Crippen molar-refractivity contribution in [2.75, 3.05) is 6.54 Å². The number of rotatable bonds is 9. The second-order valence-corrected chi connectivity index (χ2v) is 6.16. The smallest absolute Gasteiger partial charge is 0.320 e. The molecule has 0 radical (unpaired) electrons. The molecule has 1 aromatic carbocycles. The molecule has 0 aliphatic carbocycles. The molecule has 0 saturated carbocycles. The van der Waals surface area contributed by atoms with E-state index in [1.807, 2.05) is 24.3 Å². The Kier molecular flexibility index (Phi) is 8.29. The number of hydrogen-bond acceptors (Lipinski definition) is 3. The summed E-state index contributed by atoms with van der Waals surface area (Å²) in [5.41, 5.74) is 6.54. The summed E-state index contributed by atoms with van der Waals surface area (Å²) in [5, 5.41) is 11.5. The van der Waals surface area contributed by atoms with Crippen LogP contribution in [0.4, 0.5) is 0 Å². The molecule has 0 aliphatic rings. The number of hydrogen-bond donors (Lipinski definition) is 3. The van der Waals surface area contributed by atoms with Crippen molar-refractivity contribution in [3.8, 4) is 0 Å². The quantitative estimate of drug-likeness (QED) is 0.433. The summed E-state index contributed by atoms with van der Waals surface area (Å²) in [6.45, 7) is 0.567. The van der Waals surface area contributed by atoms with E-state index in [2.05, 4.69) is 27.9 Å². The number of nitrogens with one attached hydrogen (secondary N) is 1. The molecule has 0 aliphatic heterocycles. The Labute approximate surface area is 138 Å². The third-order valence-corrected chi connectivity index (χ3v) is 3.85. The zero-order chi connectivity index (χ0) is 15.7. The molecule has 0 bridgehead atoms. The maximum absolute atomic E-state index is 11.7. The van der Waals surface area contributed by atoms with E-state index in [-0.39, 0.29) is 5.91 Å². The van der Waals surface area contributed by atoms with E-state index < -0.39 is 12.0 Å². The van der Waals surface area contributed by atoms with Gasteiger partial charge >= 0.3 is 5.97 Å². The molecule has 116 valence electrons. The van der Waals surface area contributed by atoms with Gasteiger partial charge in [-0.1, -0.05) is 12.1 Å². The Hall–Kier alpha value is -1.15. The van der Waals surface area contributed by atoms with Crippen molar-refractivity contribution in [2.45, 2.75) is 38.1 Å². The lowest BCUT2D eigenvalue weighted by Gasteiger charge is -2.07. The second-order valence-electron chi connectivity index (χ2n) is 4.92. The molecular formula is C15H21IN2O3. The summed E-state index contributed by atoms with van der Waals surface area (Å²) in [6, 6.07) is 7.31. The first-order valence-electron chi connectivity index (χ1n) is 6.98. The Morgan fingerprint density at radius 2 is 1.90 bits per heavy atom. The van der Waals surface area contributed by atoms with E-state index in [1.165, 1.54) is 3.57 Å². The Bertz CT molecular complexity index is 462. The van der Waals surface area contributed by atoms with Gasteiger partial charge in [0.1, 0.15) is 6.04 Å². The molecule has 1 aromatic rings. The number of unbranched alkanes of at least 4 members (excludes halogenated alkanes) is 1. The monoisotopic (exact) mass is 404 g/mol. The van der Waals surface area contributed by atoms with Crippen molar-refractivity contribution in [3.63, 3.8) is 0 Å². The topological polar surface area (TPSA) is 92.4 Å². The number of amides is 1. The summed E-state index contributed by atoms with van der Waals surface area (Å²) in [6.07, 6.45) is 3.08. The highest BCUT2D eigenvalue weighted by Crippen LogP contribution is 2.08. The van der Waals surface area contributed by atoms with Gasteiger partial charge < -0.3 is 16.2 Å². The number of carbonyl (C=O) groups is 2. The molecule has 0 saturated heterocycles. The molecular weight excluding hydrogens is 383 g/mol. The Morgan fingerprint density at radius 3 is 2.52 bits per heavy atom. The predicted octanol–water partition coefficient (Wildman–Crippen LogP) is 1.92. The molecule has 0 heterocycles. The van der Waals surface area contributed by atoms with Crippen LogP contribution in [0.2, 0.25) is 0 Å². The summed E-state index contributed by atoms with van der Waals surface area (Å²) < 4.78 is 1.18. The average molecular weight is 404 g/mol. The number of halogens is 1. The van der Waals surface area contributed by atoms with Crippen LogP contribution in [0.15, 0.2) is 24.3 Å². The van der Waals surface area contributed by atoms with E-state index in [4.69, 9.17) is 10.8 Å². The highest BCUT2D eigenvalue weighted by atomic mass is 127. The zero-order valence-corrected chi connectivity index (χ0v) is 14.0.